The van der Waals surface area contributed by atoms with Crippen molar-refractivity contribution in [2.24, 2.45) is 0 Å². The Morgan fingerprint density at radius 3 is 2.17 bits per heavy atom. The molecule has 0 bridgehead atoms. The molecule has 1 aliphatic heterocycles. The standard InChI is InChI=1S/C18H21FN2O2S/c1-15(16-5-3-2-4-6-16)20-11-13-21(14-12-20)24(22,23)18-9-7-17(19)8-10-18/h2-10,15H,11-14H2,1H3/p+1/t15-/m0/s1. The first-order valence-corrected chi connectivity index (χ1v) is 9.58. The Morgan fingerprint density at radius 1 is 1.00 bits per heavy atom. The minimum Gasteiger partial charge on any atom is -0.327 e. The minimum absolute atomic E-state index is 0.156. The van der Waals surface area contributed by atoms with Gasteiger partial charge in [-0.15, -0.1) is 0 Å². The van der Waals surface area contributed by atoms with E-state index in [-0.39, 0.29) is 4.90 Å². The fourth-order valence-electron chi connectivity index (χ4n) is 3.18. The first kappa shape index (κ1) is 17.1. The summed E-state index contributed by atoms with van der Waals surface area (Å²) in [4.78, 5) is 1.54. The van der Waals surface area contributed by atoms with Gasteiger partial charge < -0.3 is 4.90 Å². The van der Waals surface area contributed by atoms with Gasteiger partial charge in [0.05, 0.1) is 31.1 Å². The number of rotatable bonds is 4. The maximum atomic E-state index is 13.0. The maximum absolute atomic E-state index is 13.0. The van der Waals surface area contributed by atoms with Crippen LogP contribution in [-0.2, 0) is 10.0 Å². The third-order valence-electron chi connectivity index (χ3n) is 4.73. The van der Waals surface area contributed by atoms with Gasteiger partial charge in [-0.25, -0.2) is 12.8 Å². The topological polar surface area (TPSA) is 41.8 Å². The van der Waals surface area contributed by atoms with Gasteiger partial charge in [0.1, 0.15) is 11.9 Å². The van der Waals surface area contributed by atoms with Crippen LogP contribution < -0.4 is 4.90 Å². The Labute approximate surface area is 142 Å². The molecule has 1 heterocycles. The van der Waals surface area contributed by atoms with Crippen molar-refractivity contribution in [3.05, 3.63) is 66.0 Å². The lowest BCUT2D eigenvalue weighted by molar-refractivity contribution is -0.933. The zero-order valence-electron chi connectivity index (χ0n) is 13.7. The van der Waals surface area contributed by atoms with E-state index in [0.717, 1.165) is 13.1 Å². The van der Waals surface area contributed by atoms with E-state index in [9.17, 15) is 12.8 Å². The average Bonchev–Trinajstić information content (AvgIpc) is 2.62. The van der Waals surface area contributed by atoms with E-state index in [2.05, 4.69) is 19.1 Å². The lowest BCUT2D eigenvalue weighted by Gasteiger charge is -2.35. The van der Waals surface area contributed by atoms with Crippen LogP contribution in [0.5, 0.6) is 0 Å². The second-order valence-corrected chi connectivity index (χ2v) is 8.09. The molecule has 4 nitrogen and oxygen atoms in total. The van der Waals surface area contributed by atoms with Gasteiger partial charge in [0.2, 0.25) is 10.0 Å². The van der Waals surface area contributed by atoms with Crippen LogP contribution in [-0.4, -0.2) is 38.9 Å². The Morgan fingerprint density at radius 2 is 1.58 bits per heavy atom. The van der Waals surface area contributed by atoms with Gasteiger partial charge >= 0.3 is 0 Å². The average molecular weight is 349 g/mol. The minimum atomic E-state index is -3.54. The molecule has 3 rings (SSSR count). The summed E-state index contributed by atoms with van der Waals surface area (Å²) in [5.41, 5.74) is 1.27. The molecule has 0 radical (unpaired) electrons. The maximum Gasteiger partial charge on any atom is 0.243 e. The van der Waals surface area contributed by atoms with Gasteiger partial charge in [-0.2, -0.15) is 4.31 Å². The molecule has 0 amide bonds. The normalized spacial score (nSPS) is 18.4. The molecule has 2 aromatic rings. The van der Waals surface area contributed by atoms with Crippen molar-refractivity contribution in [1.82, 2.24) is 4.31 Å². The molecule has 128 valence electrons. The SMILES string of the molecule is C[C@@H](c1ccccc1)[NH+]1CCN(S(=O)(=O)c2ccc(F)cc2)CC1. The van der Waals surface area contributed by atoms with Crippen molar-refractivity contribution in [2.75, 3.05) is 26.2 Å². The Kier molecular flexibility index (Phi) is 4.99. The molecule has 24 heavy (non-hydrogen) atoms. The highest BCUT2D eigenvalue weighted by molar-refractivity contribution is 7.89. The van der Waals surface area contributed by atoms with Crippen molar-refractivity contribution in [3.63, 3.8) is 0 Å². The third kappa shape index (κ3) is 3.50. The quantitative estimate of drug-likeness (QED) is 0.908. The molecular formula is C18H22FN2O2S+. The summed E-state index contributed by atoms with van der Waals surface area (Å²) >= 11 is 0. The van der Waals surface area contributed by atoms with Gasteiger partial charge in [0, 0.05) is 5.56 Å². The highest BCUT2D eigenvalue weighted by Crippen LogP contribution is 2.16. The zero-order valence-corrected chi connectivity index (χ0v) is 14.5. The predicted octanol–water partition coefficient (Wildman–Crippen LogP) is 1.48. The molecule has 2 aromatic carbocycles. The van der Waals surface area contributed by atoms with Gasteiger partial charge in [0.15, 0.2) is 0 Å². The number of hydrogen-bond acceptors (Lipinski definition) is 2. The molecule has 6 heteroatoms. The summed E-state index contributed by atoms with van der Waals surface area (Å²) in [5, 5.41) is 0. The second kappa shape index (κ2) is 7.01. The number of sulfonamides is 1. The number of nitrogens with zero attached hydrogens (tertiary/aromatic N) is 1. The van der Waals surface area contributed by atoms with Gasteiger partial charge in [-0.05, 0) is 31.2 Å². The molecular weight excluding hydrogens is 327 g/mol. The Balaban J connectivity index is 1.67. The monoisotopic (exact) mass is 349 g/mol. The summed E-state index contributed by atoms with van der Waals surface area (Å²) in [6.07, 6.45) is 0. The van der Waals surface area contributed by atoms with E-state index in [4.69, 9.17) is 0 Å². The van der Waals surface area contributed by atoms with E-state index in [0.29, 0.717) is 19.1 Å². The van der Waals surface area contributed by atoms with Crippen LogP contribution in [0.3, 0.4) is 0 Å². The van der Waals surface area contributed by atoms with Crippen LogP contribution in [0, 0.1) is 5.82 Å². The summed E-state index contributed by atoms with van der Waals surface area (Å²) in [5.74, 6) is -0.431. The summed E-state index contributed by atoms with van der Waals surface area (Å²) in [6.45, 7) is 4.65. The van der Waals surface area contributed by atoms with Crippen molar-refractivity contribution >= 4 is 10.0 Å². The second-order valence-electron chi connectivity index (χ2n) is 6.15. The smallest absolute Gasteiger partial charge is 0.243 e. The van der Waals surface area contributed by atoms with Crippen LogP contribution in [0.1, 0.15) is 18.5 Å². The van der Waals surface area contributed by atoms with Crippen LogP contribution >= 0.6 is 0 Å². The van der Waals surface area contributed by atoms with E-state index < -0.39 is 15.8 Å². The molecule has 1 atom stereocenters. The summed E-state index contributed by atoms with van der Waals surface area (Å²) in [7, 11) is -3.54. The molecule has 1 fully saturated rings. The molecule has 0 saturated carbocycles. The number of quaternary nitrogens is 1. The fourth-order valence-corrected chi connectivity index (χ4v) is 4.62. The van der Waals surface area contributed by atoms with Crippen LogP contribution in [0.2, 0.25) is 0 Å². The summed E-state index contributed by atoms with van der Waals surface area (Å²) in [6, 6.07) is 15.6. The van der Waals surface area contributed by atoms with E-state index in [1.807, 2.05) is 18.2 Å². The van der Waals surface area contributed by atoms with Crippen molar-refractivity contribution in [2.45, 2.75) is 17.9 Å². The molecule has 0 aliphatic carbocycles. The zero-order chi connectivity index (χ0) is 17.2. The van der Waals surface area contributed by atoms with Crippen molar-refractivity contribution in [3.8, 4) is 0 Å². The first-order chi connectivity index (χ1) is 11.5. The molecule has 1 N–H and O–H groups in total. The van der Waals surface area contributed by atoms with E-state index in [1.165, 1.54) is 39.0 Å². The van der Waals surface area contributed by atoms with E-state index >= 15 is 0 Å². The predicted molar refractivity (Wildman–Crippen MR) is 90.7 cm³/mol. The van der Waals surface area contributed by atoms with Gasteiger partial charge in [-0.3, -0.25) is 0 Å². The molecule has 0 spiro atoms. The molecule has 0 aromatic heterocycles. The van der Waals surface area contributed by atoms with E-state index in [1.54, 1.807) is 0 Å². The number of halogens is 1. The highest BCUT2D eigenvalue weighted by atomic mass is 32.2. The number of nitrogens with one attached hydrogen (secondary N) is 1. The van der Waals surface area contributed by atoms with Crippen LogP contribution in [0.4, 0.5) is 4.39 Å². The Bertz CT molecular complexity index is 770. The van der Waals surface area contributed by atoms with Crippen LogP contribution in [0.25, 0.3) is 0 Å². The largest absolute Gasteiger partial charge is 0.327 e. The molecule has 0 unspecified atom stereocenters. The number of hydrogen-bond donors (Lipinski definition) is 1. The lowest BCUT2D eigenvalue weighted by Crippen LogP contribution is -3.14. The van der Waals surface area contributed by atoms with Gasteiger partial charge in [-0.1, -0.05) is 30.3 Å². The molecule has 1 saturated heterocycles. The third-order valence-corrected chi connectivity index (χ3v) is 6.64. The first-order valence-electron chi connectivity index (χ1n) is 8.14. The molecule has 1 aliphatic rings. The van der Waals surface area contributed by atoms with Crippen molar-refractivity contribution in [1.29, 1.82) is 0 Å². The van der Waals surface area contributed by atoms with Crippen molar-refractivity contribution < 1.29 is 17.7 Å². The van der Waals surface area contributed by atoms with Gasteiger partial charge in [0.25, 0.3) is 0 Å². The number of benzene rings is 2. The lowest BCUT2D eigenvalue weighted by atomic mass is 10.1. The Hall–Kier alpha value is -1.76. The summed E-state index contributed by atoms with van der Waals surface area (Å²) < 4.78 is 39.8. The highest BCUT2D eigenvalue weighted by Gasteiger charge is 2.32. The fraction of sp³-hybridized carbons (Fsp3) is 0.333. The number of piperazine rings is 1. The van der Waals surface area contributed by atoms with Crippen LogP contribution in [0.15, 0.2) is 59.5 Å².